The van der Waals surface area contributed by atoms with Crippen molar-refractivity contribution in [3.8, 4) is 0 Å². The summed E-state index contributed by atoms with van der Waals surface area (Å²) < 4.78 is 12.9. The lowest BCUT2D eigenvalue weighted by Crippen LogP contribution is -2.25. The van der Waals surface area contributed by atoms with Gasteiger partial charge in [0.05, 0.1) is 0 Å². The van der Waals surface area contributed by atoms with E-state index in [-0.39, 0.29) is 5.82 Å². The molecule has 0 heterocycles. The molecule has 0 saturated heterocycles. The van der Waals surface area contributed by atoms with Crippen molar-refractivity contribution in [3.05, 3.63) is 35.6 Å². The Kier molecular flexibility index (Phi) is 6.14. The van der Waals surface area contributed by atoms with Gasteiger partial charge in [-0.1, -0.05) is 51.2 Å². The molecule has 23 heavy (non-hydrogen) atoms. The van der Waals surface area contributed by atoms with Crippen LogP contribution in [0.5, 0.6) is 0 Å². The molecule has 2 fully saturated rings. The van der Waals surface area contributed by atoms with Gasteiger partial charge < -0.3 is 0 Å². The highest BCUT2D eigenvalue weighted by Crippen LogP contribution is 2.42. The molecule has 0 amide bonds. The minimum absolute atomic E-state index is 0.118. The Bertz CT molecular complexity index is 447. The van der Waals surface area contributed by atoms with Crippen molar-refractivity contribution in [3.63, 3.8) is 0 Å². The first-order valence-electron chi connectivity index (χ1n) is 9.99. The maximum absolute atomic E-state index is 12.9. The van der Waals surface area contributed by atoms with Crippen LogP contribution in [0.4, 0.5) is 4.39 Å². The molecule has 0 aliphatic heterocycles. The molecule has 0 unspecified atom stereocenters. The van der Waals surface area contributed by atoms with Crippen molar-refractivity contribution in [2.75, 3.05) is 0 Å². The van der Waals surface area contributed by atoms with E-state index in [4.69, 9.17) is 0 Å². The molecule has 0 radical (unpaired) electrons. The molecule has 3 rings (SSSR count). The van der Waals surface area contributed by atoms with Crippen molar-refractivity contribution in [1.82, 2.24) is 0 Å². The SMILES string of the molecule is CCC1CCC(C2CCC(CCc3ccc(F)cc3)CC2)CC1. The number of halogens is 1. The molecule has 2 aliphatic carbocycles. The molecule has 1 aromatic rings. The van der Waals surface area contributed by atoms with E-state index in [1.807, 2.05) is 12.1 Å². The topological polar surface area (TPSA) is 0 Å². The molecule has 0 bridgehead atoms. The predicted molar refractivity (Wildman–Crippen MR) is 95.9 cm³/mol. The molecule has 128 valence electrons. The van der Waals surface area contributed by atoms with E-state index in [1.165, 1.54) is 69.8 Å². The van der Waals surface area contributed by atoms with Gasteiger partial charge in [-0.2, -0.15) is 0 Å². The van der Waals surface area contributed by atoms with Gasteiger partial charge in [0, 0.05) is 0 Å². The first kappa shape index (κ1) is 17.0. The number of hydrogen-bond donors (Lipinski definition) is 0. The highest BCUT2D eigenvalue weighted by molar-refractivity contribution is 5.16. The first-order valence-corrected chi connectivity index (χ1v) is 9.99. The van der Waals surface area contributed by atoms with Gasteiger partial charge in [0.25, 0.3) is 0 Å². The maximum Gasteiger partial charge on any atom is 0.123 e. The van der Waals surface area contributed by atoms with Crippen LogP contribution in [0.2, 0.25) is 0 Å². The second kappa shape index (κ2) is 8.31. The monoisotopic (exact) mass is 316 g/mol. The Balaban J connectivity index is 1.38. The molecule has 1 aromatic carbocycles. The number of rotatable bonds is 5. The van der Waals surface area contributed by atoms with Crippen molar-refractivity contribution < 1.29 is 4.39 Å². The maximum atomic E-state index is 12.9. The summed E-state index contributed by atoms with van der Waals surface area (Å²) in [4.78, 5) is 0. The summed E-state index contributed by atoms with van der Waals surface area (Å²) in [5.41, 5.74) is 1.30. The van der Waals surface area contributed by atoms with Crippen LogP contribution in [0.3, 0.4) is 0 Å². The second-order valence-electron chi connectivity index (χ2n) is 8.14. The van der Waals surface area contributed by atoms with Gasteiger partial charge in [0.1, 0.15) is 5.82 Å². The van der Waals surface area contributed by atoms with E-state index in [0.29, 0.717) is 0 Å². The zero-order valence-corrected chi connectivity index (χ0v) is 14.8. The fourth-order valence-electron chi connectivity index (χ4n) is 5.04. The standard InChI is InChI=1S/C22H33F/c1-2-17-5-11-20(12-6-17)21-13-7-18(8-14-21)3-4-19-9-15-22(23)16-10-19/h9-10,15-18,20-21H,2-8,11-14H2,1H3. The number of hydrogen-bond acceptors (Lipinski definition) is 0. The summed E-state index contributed by atoms with van der Waals surface area (Å²) in [6.07, 6.45) is 15.6. The van der Waals surface area contributed by atoms with Gasteiger partial charge in [-0.3, -0.25) is 0 Å². The minimum atomic E-state index is -0.118. The van der Waals surface area contributed by atoms with Gasteiger partial charge in [-0.05, 0) is 79.9 Å². The largest absolute Gasteiger partial charge is 0.207 e. The summed E-state index contributed by atoms with van der Waals surface area (Å²) in [5.74, 6) is 3.87. The molecular weight excluding hydrogens is 283 g/mol. The zero-order chi connectivity index (χ0) is 16.1. The van der Waals surface area contributed by atoms with E-state index in [9.17, 15) is 4.39 Å². The number of benzene rings is 1. The molecule has 0 spiro atoms. The lowest BCUT2D eigenvalue weighted by molar-refractivity contribution is 0.142. The Morgan fingerprint density at radius 2 is 1.30 bits per heavy atom. The Labute approximate surface area is 141 Å². The Morgan fingerprint density at radius 1 is 0.783 bits per heavy atom. The lowest BCUT2D eigenvalue weighted by atomic mass is 9.68. The zero-order valence-electron chi connectivity index (χ0n) is 14.8. The molecule has 0 nitrogen and oxygen atoms in total. The van der Waals surface area contributed by atoms with E-state index in [0.717, 1.165) is 30.1 Å². The molecule has 0 aromatic heterocycles. The fourth-order valence-corrected chi connectivity index (χ4v) is 5.04. The van der Waals surface area contributed by atoms with Crippen LogP contribution in [0.1, 0.15) is 76.7 Å². The van der Waals surface area contributed by atoms with E-state index in [2.05, 4.69) is 6.92 Å². The molecule has 2 saturated carbocycles. The van der Waals surface area contributed by atoms with Gasteiger partial charge in [0.15, 0.2) is 0 Å². The van der Waals surface area contributed by atoms with Crippen LogP contribution >= 0.6 is 0 Å². The fraction of sp³-hybridized carbons (Fsp3) is 0.727. The Hall–Kier alpha value is -0.850. The highest BCUT2D eigenvalue weighted by atomic mass is 19.1. The van der Waals surface area contributed by atoms with Gasteiger partial charge in [-0.25, -0.2) is 4.39 Å². The van der Waals surface area contributed by atoms with Gasteiger partial charge in [-0.15, -0.1) is 0 Å². The van der Waals surface area contributed by atoms with Crippen molar-refractivity contribution in [2.24, 2.45) is 23.7 Å². The summed E-state index contributed by atoms with van der Waals surface area (Å²) in [6, 6.07) is 7.10. The van der Waals surface area contributed by atoms with Gasteiger partial charge >= 0.3 is 0 Å². The predicted octanol–water partition coefficient (Wildman–Crippen LogP) is 6.78. The van der Waals surface area contributed by atoms with Crippen LogP contribution in [-0.2, 0) is 6.42 Å². The van der Waals surface area contributed by atoms with E-state index in [1.54, 1.807) is 12.1 Å². The van der Waals surface area contributed by atoms with E-state index < -0.39 is 0 Å². The summed E-state index contributed by atoms with van der Waals surface area (Å²) in [5, 5.41) is 0. The summed E-state index contributed by atoms with van der Waals surface area (Å²) in [7, 11) is 0. The highest BCUT2D eigenvalue weighted by Gasteiger charge is 2.30. The second-order valence-corrected chi connectivity index (χ2v) is 8.14. The van der Waals surface area contributed by atoms with E-state index >= 15 is 0 Å². The average molecular weight is 317 g/mol. The summed E-state index contributed by atoms with van der Waals surface area (Å²) >= 11 is 0. The third-order valence-corrected chi connectivity index (χ3v) is 6.78. The molecule has 0 atom stereocenters. The first-order chi connectivity index (χ1) is 11.2. The number of aryl methyl sites for hydroxylation is 1. The Morgan fingerprint density at radius 3 is 1.83 bits per heavy atom. The molecule has 0 N–H and O–H groups in total. The summed E-state index contributed by atoms with van der Waals surface area (Å²) in [6.45, 7) is 2.36. The molecular formula is C22H33F. The van der Waals surface area contributed by atoms with Crippen molar-refractivity contribution >= 4 is 0 Å². The van der Waals surface area contributed by atoms with Crippen molar-refractivity contribution in [2.45, 2.75) is 77.6 Å². The van der Waals surface area contributed by atoms with Gasteiger partial charge in [0.2, 0.25) is 0 Å². The third-order valence-electron chi connectivity index (χ3n) is 6.78. The quantitative estimate of drug-likeness (QED) is 0.561. The molecule has 1 heteroatoms. The molecule has 2 aliphatic rings. The average Bonchev–Trinajstić information content (AvgIpc) is 2.62. The van der Waals surface area contributed by atoms with Crippen molar-refractivity contribution in [1.29, 1.82) is 0 Å². The van der Waals surface area contributed by atoms with Crippen LogP contribution in [0.15, 0.2) is 24.3 Å². The van der Waals surface area contributed by atoms with Crippen LogP contribution < -0.4 is 0 Å². The van der Waals surface area contributed by atoms with Crippen LogP contribution in [0.25, 0.3) is 0 Å². The smallest absolute Gasteiger partial charge is 0.123 e. The van der Waals surface area contributed by atoms with Crippen LogP contribution in [0, 0.1) is 29.5 Å². The minimum Gasteiger partial charge on any atom is -0.207 e. The lowest BCUT2D eigenvalue weighted by Gasteiger charge is -2.37. The third kappa shape index (κ3) is 4.81. The van der Waals surface area contributed by atoms with Crippen LogP contribution in [-0.4, -0.2) is 0 Å². The normalized spacial score (nSPS) is 31.9.